The highest BCUT2D eigenvalue weighted by Crippen LogP contribution is 2.18. The van der Waals surface area contributed by atoms with Crippen LogP contribution in [0.25, 0.3) is 0 Å². The summed E-state index contributed by atoms with van der Waals surface area (Å²) in [5.41, 5.74) is 4.08. The molecule has 2 fully saturated rings. The molecule has 2 aliphatic rings. The van der Waals surface area contributed by atoms with Gasteiger partial charge in [0.15, 0.2) is 5.96 Å². The van der Waals surface area contributed by atoms with E-state index in [1.807, 2.05) is 0 Å². The van der Waals surface area contributed by atoms with Gasteiger partial charge in [0.05, 0.1) is 18.8 Å². The Hall–Kier alpha value is -0.860. The molecule has 0 radical (unpaired) electrons. The monoisotopic (exact) mass is 529 g/mol. The van der Waals surface area contributed by atoms with Crippen LogP contribution in [-0.2, 0) is 15.9 Å². The number of nitrogens with zero attached hydrogens (tertiary/aromatic N) is 2. The highest BCUT2D eigenvalue weighted by Gasteiger charge is 2.23. The topological polar surface area (TPSA) is 46.1 Å². The van der Waals surface area contributed by atoms with E-state index >= 15 is 0 Å². The molecule has 0 spiro atoms. The fourth-order valence-electron chi connectivity index (χ4n) is 4.25. The molecule has 6 heteroatoms. The molecule has 1 aromatic carbocycles. The number of hydrogen-bond donors (Lipinski definition) is 1. The van der Waals surface area contributed by atoms with Gasteiger partial charge in [-0.25, -0.2) is 0 Å². The molecular formula is C24H40IN3O2. The summed E-state index contributed by atoms with van der Waals surface area (Å²) in [5, 5.41) is 3.48. The summed E-state index contributed by atoms with van der Waals surface area (Å²) in [4.78, 5) is 7.30. The number of likely N-dealkylation sites (tertiary alicyclic amines) is 1. The summed E-state index contributed by atoms with van der Waals surface area (Å²) >= 11 is 0. The van der Waals surface area contributed by atoms with Crippen LogP contribution in [0, 0.1) is 13.8 Å². The number of ether oxygens (including phenoxy) is 2. The lowest BCUT2D eigenvalue weighted by Gasteiger charge is -2.35. The Labute approximate surface area is 200 Å². The van der Waals surface area contributed by atoms with Gasteiger partial charge in [-0.1, -0.05) is 23.8 Å². The summed E-state index contributed by atoms with van der Waals surface area (Å²) in [6.45, 7) is 11.9. The molecule has 0 bridgehead atoms. The lowest BCUT2D eigenvalue weighted by atomic mass is 10.0. The molecule has 3 rings (SSSR count). The van der Waals surface area contributed by atoms with Gasteiger partial charge in [-0.05, 0) is 70.4 Å². The van der Waals surface area contributed by atoms with Gasteiger partial charge >= 0.3 is 0 Å². The summed E-state index contributed by atoms with van der Waals surface area (Å²) in [5.74, 6) is 1.05. The Balaban J connectivity index is 0.00000320. The van der Waals surface area contributed by atoms with Gasteiger partial charge in [0, 0.05) is 32.8 Å². The fraction of sp³-hybridized carbons (Fsp3) is 0.708. The Morgan fingerprint density at radius 2 is 2.00 bits per heavy atom. The number of piperidine rings is 1. The van der Waals surface area contributed by atoms with E-state index < -0.39 is 0 Å². The first kappa shape index (κ1) is 25.4. The molecule has 2 aliphatic heterocycles. The SMILES string of the molecule is CCNC(=NCCc1ccc(C)cc1C)N1CCC(OCC2CCCCO2)CC1.I. The maximum Gasteiger partial charge on any atom is 0.193 e. The first-order chi connectivity index (χ1) is 14.2. The van der Waals surface area contributed by atoms with Crippen molar-refractivity contribution < 1.29 is 9.47 Å². The van der Waals surface area contributed by atoms with Crippen LogP contribution in [0.5, 0.6) is 0 Å². The smallest absolute Gasteiger partial charge is 0.193 e. The predicted molar refractivity (Wildman–Crippen MR) is 135 cm³/mol. The maximum absolute atomic E-state index is 6.16. The van der Waals surface area contributed by atoms with Crippen molar-refractivity contribution in [2.24, 2.45) is 4.99 Å². The molecule has 2 saturated heterocycles. The van der Waals surface area contributed by atoms with E-state index in [1.165, 1.54) is 29.5 Å². The average molecular weight is 530 g/mol. The van der Waals surface area contributed by atoms with Gasteiger partial charge < -0.3 is 19.7 Å². The first-order valence-corrected chi connectivity index (χ1v) is 11.5. The number of aryl methyl sites for hydroxylation is 2. The number of halogens is 1. The minimum Gasteiger partial charge on any atom is -0.376 e. The molecule has 1 aromatic rings. The summed E-state index contributed by atoms with van der Waals surface area (Å²) in [6, 6.07) is 6.69. The van der Waals surface area contributed by atoms with E-state index in [4.69, 9.17) is 14.5 Å². The molecule has 0 saturated carbocycles. The number of benzene rings is 1. The second-order valence-corrected chi connectivity index (χ2v) is 8.42. The Kier molecular flexibility index (Phi) is 11.5. The van der Waals surface area contributed by atoms with Crippen LogP contribution in [0.2, 0.25) is 0 Å². The highest BCUT2D eigenvalue weighted by molar-refractivity contribution is 14.0. The number of guanidine groups is 1. The van der Waals surface area contributed by atoms with E-state index in [1.54, 1.807) is 0 Å². The minimum absolute atomic E-state index is 0. The Bertz CT molecular complexity index is 654. The van der Waals surface area contributed by atoms with Crippen LogP contribution < -0.4 is 5.32 Å². The van der Waals surface area contributed by atoms with Crippen LogP contribution in [0.3, 0.4) is 0 Å². The third kappa shape index (κ3) is 8.00. The van der Waals surface area contributed by atoms with Crippen molar-refractivity contribution in [1.82, 2.24) is 10.2 Å². The predicted octanol–water partition coefficient (Wildman–Crippen LogP) is 4.48. The van der Waals surface area contributed by atoms with Crippen molar-refractivity contribution in [3.63, 3.8) is 0 Å². The molecule has 30 heavy (non-hydrogen) atoms. The summed E-state index contributed by atoms with van der Waals surface area (Å²) in [7, 11) is 0. The standard InChI is InChI=1S/C24H39N3O2.HI/c1-4-25-24(26-13-10-21-9-8-19(2)17-20(21)3)27-14-11-22(12-15-27)29-18-23-7-5-6-16-28-23;/h8-9,17,22-23H,4-7,10-16,18H2,1-3H3,(H,25,26);1H. The van der Waals surface area contributed by atoms with Crippen molar-refractivity contribution in [3.05, 3.63) is 34.9 Å². The zero-order valence-electron chi connectivity index (χ0n) is 19.0. The van der Waals surface area contributed by atoms with Crippen LogP contribution in [-0.4, -0.2) is 62.5 Å². The molecule has 0 aromatic heterocycles. The van der Waals surface area contributed by atoms with Crippen LogP contribution in [0.1, 0.15) is 55.7 Å². The van der Waals surface area contributed by atoms with E-state index in [2.05, 4.69) is 49.2 Å². The third-order valence-corrected chi connectivity index (χ3v) is 6.01. The lowest BCUT2D eigenvalue weighted by molar-refractivity contribution is -0.0721. The summed E-state index contributed by atoms with van der Waals surface area (Å²) < 4.78 is 12.0. The van der Waals surface area contributed by atoms with E-state index in [9.17, 15) is 0 Å². The van der Waals surface area contributed by atoms with E-state index in [0.717, 1.165) is 71.0 Å². The van der Waals surface area contributed by atoms with E-state index in [0.29, 0.717) is 12.2 Å². The normalized spacial score (nSPS) is 20.7. The van der Waals surface area contributed by atoms with Gasteiger partial charge in [-0.15, -0.1) is 24.0 Å². The molecule has 5 nitrogen and oxygen atoms in total. The molecule has 1 unspecified atom stereocenters. The van der Waals surface area contributed by atoms with Crippen molar-refractivity contribution >= 4 is 29.9 Å². The van der Waals surface area contributed by atoms with Gasteiger partial charge in [0.1, 0.15) is 0 Å². The number of hydrogen-bond acceptors (Lipinski definition) is 3. The largest absolute Gasteiger partial charge is 0.376 e. The summed E-state index contributed by atoms with van der Waals surface area (Å²) in [6.07, 6.45) is 7.41. The lowest BCUT2D eigenvalue weighted by Crippen LogP contribution is -2.47. The number of nitrogens with one attached hydrogen (secondary N) is 1. The number of rotatable bonds is 7. The Morgan fingerprint density at radius 3 is 2.67 bits per heavy atom. The molecule has 1 N–H and O–H groups in total. The molecule has 0 aliphatic carbocycles. The Morgan fingerprint density at radius 1 is 1.20 bits per heavy atom. The van der Waals surface area contributed by atoms with Crippen molar-refractivity contribution in [2.45, 2.75) is 71.5 Å². The quantitative estimate of drug-likeness (QED) is 0.322. The van der Waals surface area contributed by atoms with E-state index in [-0.39, 0.29) is 24.0 Å². The van der Waals surface area contributed by atoms with Gasteiger partial charge in [-0.3, -0.25) is 4.99 Å². The second-order valence-electron chi connectivity index (χ2n) is 8.42. The van der Waals surface area contributed by atoms with Gasteiger partial charge in [0.2, 0.25) is 0 Å². The van der Waals surface area contributed by atoms with Crippen LogP contribution in [0.15, 0.2) is 23.2 Å². The third-order valence-electron chi connectivity index (χ3n) is 6.01. The molecular weight excluding hydrogens is 489 g/mol. The van der Waals surface area contributed by atoms with Gasteiger partial charge in [0.25, 0.3) is 0 Å². The minimum atomic E-state index is 0. The molecule has 1 atom stereocenters. The maximum atomic E-state index is 6.16. The highest BCUT2D eigenvalue weighted by atomic mass is 127. The van der Waals surface area contributed by atoms with Crippen molar-refractivity contribution in [2.75, 3.05) is 39.4 Å². The molecule has 2 heterocycles. The molecule has 0 amide bonds. The second kappa shape index (κ2) is 13.5. The van der Waals surface area contributed by atoms with Gasteiger partial charge in [-0.2, -0.15) is 0 Å². The zero-order chi connectivity index (χ0) is 20.5. The zero-order valence-corrected chi connectivity index (χ0v) is 21.3. The fourth-order valence-corrected chi connectivity index (χ4v) is 4.25. The number of aliphatic imine (C=N–C) groups is 1. The van der Waals surface area contributed by atoms with Crippen LogP contribution in [0.4, 0.5) is 0 Å². The van der Waals surface area contributed by atoms with Crippen LogP contribution >= 0.6 is 24.0 Å². The average Bonchev–Trinajstić information content (AvgIpc) is 2.74. The first-order valence-electron chi connectivity index (χ1n) is 11.5. The van der Waals surface area contributed by atoms with Crippen molar-refractivity contribution in [3.8, 4) is 0 Å². The molecule has 170 valence electrons. The van der Waals surface area contributed by atoms with Crippen molar-refractivity contribution in [1.29, 1.82) is 0 Å².